The van der Waals surface area contributed by atoms with E-state index in [2.05, 4.69) is 10.6 Å². The number of carbonyl (C=O) groups is 4. The van der Waals surface area contributed by atoms with Crippen molar-refractivity contribution >= 4 is 45.7 Å². The van der Waals surface area contributed by atoms with Crippen LogP contribution in [0.15, 0.2) is 0 Å². The van der Waals surface area contributed by atoms with Gasteiger partial charge in [-0.15, -0.1) is 0 Å². The van der Waals surface area contributed by atoms with Gasteiger partial charge in [-0.2, -0.15) is 0 Å². The van der Waals surface area contributed by atoms with E-state index in [1.54, 1.807) is 0 Å². The molecule has 0 bridgehead atoms. The molecule has 0 aromatic heterocycles. The minimum Gasteiger partial charge on any atom is -0.481 e. The van der Waals surface area contributed by atoms with Gasteiger partial charge in [-0.05, 0) is 19.3 Å². The molecule has 3 N–H and O–H groups in total. The van der Waals surface area contributed by atoms with Gasteiger partial charge in [0, 0.05) is 17.4 Å². The highest BCUT2D eigenvalue weighted by atomic mass is 33.1. The molecule has 0 saturated carbocycles. The lowest BCUT2D eigenvalue weighted by Crippen LogP contribution is -2.48. The number of aliphatic carboxylic acids is 1. The maximum absolute atomic E-state index is 11.8. The summed E-state index contributed by atoms with van der Waals surface area (Å²) in [6.07, 6.45) is 4.18. The van der Waals surface area contributed by atoms with Gasteiger partial charge in [0.2, 0.25) is 11.8 Å². The molecule has 1 saturated heterocycles. The first-order chi connectivity index (χ1) is 11.0. The van der Waals surface area contributed by atoms with Crippen LogP contribution in [0.1, 0.15) is 38.5 Å². The number of hydrogen-bond donors (Lipinski definition) is 3. The average Bonchev–Trinajstić information content (AvgIpc) is 3.01. The van der Waals surface area contributed by atoms with Crippen molar-refractivity contribution in [2.45, 2.75) is 49.8 Å². The molecular weight excluding hydrogens is 340 g/mol. The molecular formula is C14H22N2O5S2. The van der Waals surface area contributed by atoms with Gasteiger partial charge >= 0.3 is 5.97 Å². The molecule has 1 aliphatic rings. The van der Waals surface area contributed by atoms with Gasteiger partial charge < -0.3 is 20.5 Å². The third-order valence-electron chi connectivity index (χ3n) is 3.30. The molecule has 0 aliphatic carbocycles. The Morgan fingerprint density at radius 1 is 1.30 bits per heavy atom. The summed E-state index contributed by atoms with van der Waals surface area (Å²) < 4.78 is 0. The highest BCUT2D eigenvalue weighted by Crippen LogP contribution is 2.39. The first-order valence-electron chi connectivity index (χ1n) is 7.53. The van der Waals surface area contributed by atoms with E-state index in [4.69, 9.17) is 5.11 Å². The van der Waals surface area contributed by atoms with Crippen molar-refractivity contribution in [3.63, 3.8) is 0 Å². The van der Waals surface area contributed by atoms with Gasteiger partial charge in [-0.25, -0.2) is 0 Å². The first kappa shape index (κ1) is 19.8. The SMILES string of the molecule is O=CCNC(=O)C(CC(=O)O)NC(=O)CCCC[C@H]1CCSS1. The molecule has 0 spiro atoms. The quantitative estimate of drug-likeness (QED) is 0.285. The zero-order valence-electron chi connectivity index (χ0n) is 12.8. The Morgan fingerprint density at radius 3 is 2.70 bits per heavy atom. The van der Waals surface area contributed by atoms with Crippen LogP contribution in [0.3, 0.4) is 0 Å². The van der Waals surface area contributed by atoms with E-state index in [1.807, 2.05) is 21.6 Å². The minimum atomic E-state index is -1.19. The summed E-state index contributed by atoms with van der Waals surface area (Å²) in [7, 11) is 3.78. The second kappa shape index (κ2) is 11.3. The number of aldehydes is 1. The van der Waals surface area contributed by atoms with Crippen LogP contribution in [-0.2, 0) is 19.2 Å². The number of unbranched alkanes of at least 4 members (excludes halogenated alkanes) is 1. The van der Waals surface area contributed by atoms with E-state index >= 15 is 0 Å². The van der Waals surface area contributed by atoms with Gasteiger partial charge in [0.25, 0.3) is 0 Å². The average molecular weight is 362 g/mol. The molecule has 2 atom stereocenters. The van der Waals surface area contributed by atoms with Gasteiger partial charge in [0.1, 0.15) is 12.3 Å². The Morgan fingerprint density at radius 2 is 2.09 bits per heavy atom. The number of carboxylic acids is 1. The molecule has 130 valence electrons. The monoisotopic (exact) mass is 362 g/mol. The van der Waals surface area contributed by atoms with E-state index in [9.17, 15) is 19.2 Å². The van der Waals surface area contributed by atoms with E-state index in [1.165, 1.54) is 12.2 Å². The predicted molar refractivity (Wildman–Crippen MR) is 90.2 cm³/mol. The largest absolute Gasteiger partial charge is 0.481 e. The Balaban J connectivity index is 2.28. The molecule has 1 fully saturated rings. The van der Waals surface area contributed by atoms with E-state index in [-0.39, 0.29) is 18.9 Å². The van der Waals surface area contributed by atoms with Gasteiger partial charge in [0.05, 0.1) is 13.0 Å². The first-order valence-corrected chi connectivity index (χ1v) is 9.92. The predicted octanol–water partition coefficient (Wildman–Crippen LogP) is 0.975. The minimum absolute atomic E-state index is 0.206. The summed E-state index contributed by atoms with van der Waals surface area (Å²) >= 11 is 0. The lowest BCUT2D eigenvalue weighted by Gasteiger charge is -2.16. The van der Waals surface area contributed by atoms with Crippen LogP contribution >= 0.6 is 21.6 Å². The van der Waals surface area contributed by atoms with E-state index in [0.29, 0.717) is 18.0 Å². The van der Waals surface area contributed by atoms with Crippen molar-refractivity contribution in [3.05, 3.63) is 0 Å². The molecule has 23 heavy (non-hydrogen) atoms. The van der Waals surface area contributed by atoms with E-state index < -0.39 is 24.3 Å². The topological polar surface area (TPSA) is 113 Å². The maximum atomic E-state index is 11.8. The number of amides is 2. The molecule has 1 unspecified atom stereocenters. The van der Waals surface area contributed by atoms with Crippen molar-refractivity contribution in [2.24, 2.45) is 0 Å². The van der Waals surface area contributed by atoms with Gasteiger partial charge in [-0.3, -0.25) is 14.4 Å². The summed E-state index contributed by atoms with van der Waals surface area (Å²) in [6.45, 7) is -0.206. The van der Waals surface area contributed by atoms with Crippen molar-refractivity contribution in [2.75, 3.05) is 12.3 Å². The number of rotatable bonds is 11. The molecule has 0 aromatic rings. The Labute approximate surface area is 143 Å². The molecule has 0 aromatic carbocycles. The normalized spacial score (nSPS) is 18.2. The van der Waals surface area contributed by atoms with Crippen LogP contribution in [0, 0.1) is 0 Å². The van der Waals surface area contributed by atoms with Crippen molar-refractivity contribution in [3.8, 4) is 0 Å². The van der Waals surface area contributed by atoms with Crippen LogP contribution in [0.4, 0.5) is 0 Å². The van der Waals surface area contributed by atoms with Crippen molar-refractivity contribution < 1.29 is 24.3 Å². The fourth-order valence-corrected chi connectivity index (χ4v) is 5.17. The summed E-state index contributed by atoms with van der Waals surface area (Å²) in [5.41, 5.74) is 0. The molecule has 7 nitrogen and oxygen atoms in total. The highest BCUT2D eigenvalue weighted by Gasteiger charge is 2.23. The summed E-state index contributed by atoms with van der Waals surface area (Å²) in [6, 6.07) is -1.15. The van der Waals surface area contributed by atoms with E-state index in [0.717, 1.165) is 12.8 Å². The van der Waals surface area contributed by atoms with Crippen LogP contribution < -0.4 is 10.6 Å². The molecule has 9 heteroatoms. The lowest BCUT2D eigenvalue weighted by atomic mass is 10.1. The molecule has 2 amide bonds. The molecule has 1 aliphatic heterocycles. The third-order valence-corrected chi connectivity index (χ3v) is 6.30. The molecule has 0 radical (unpaired) electrons. The third kappa shape index (κ3) is 8.85. The number of carboxylic acid groups (broad SMARTS) is 1. The zero-order chi connectivity index (χ0) is 17.1. The van der Waals surface area contributed by atoms with Crippen molar-refractivity contribution in [1.29, 1.82) is 0 Å². The Hall–Kier alpha value is -1.22. The highest BCUT2D eigenvalue weighted by molar-refractivity contribution is 8.77. The van der Waals surface area contributed by atoms with Crippen LogP contribution in [0.5, 0.6) is 0 Å². The Bertz CT molecular complexity index is 427. The van der Waals surface area contributed by atoms with Crippen LogP contribution in [-0.4, -0.2) is 52.8 Å². The standard InChI is InChI=1S/C14H22N2O5S2/c17-7-6-15-14(21)11(9-13(19)20)16-12(18)4-2-1-3-10-5-8-22-23-10/h7,10-11H,1-6,8-9H2,(H,15,21)(H,16,18)(H,19,20)/t10-,11?/m0/s1. The second-order valence-corrected chi connectivity index (χ2v) is 7.99. The fourth-order valence-electron chi connectivity index (χ4n) is 2.14. The van der Waals surface area contributed by atoms with Gasteiger partial charge in [-0.1, -0.05) is 28.0 Å². The Kier molecular flexibility index (Phi) is 9.77. The zero-order valence-corrected chi connectivity index (χ0v) is 14.4. The molecule has 1 rings (SSSR count). The second-order valence-electron chi connectivity index (χ2n) is 5.20. The smallest absolute Gasteiger partial charge is 0.305 e. The molecule has 1 heterocycles. The fraction of sp³-hybridized carbons (Fsp3) is 0.714. The summed E-state index contributed by atoms with van der Waals surface area (Å²) in [5, 5.41) is 14.2. The van der Waals surface area contributed by atoms with Gasteiger partial charge in [0.15, 0.2) is 0 Å². The number of hydrogen-bond acceptors (Lipinski definition) is 6. The maximum Gasteiger partial charge on any atom is 0.305 e. The lowest BCUT2D eigenvalue weighted by molar-refractivity contribution is -0.140. The van der Waals surface area contributed by atoms with Crippen LogP contribution in [0.25, 0.3) is 0 Å². The number of nitrogens with one attached hydrogen (secondary N) is 2. The van der Waals surface area contributed by atoms with Crippen LogP contribution in [0.2, 0.25) is 0 Å². The van der Waals surface area contributed by atoms with Crippen molar-refractivity contribution in [1.82, 2.24) is 10.6 Å². The summed E-state index contributed by atoms with van der Waals surface area (Å²) in [4.78, 5) is 44.6. The summed E-state index contributed by atoms with van der Waals surface area (Å²) in [5.74, 6) is -1.01. The number of carbonyl (C=O) groups excluding carboxylic acids is 3.